The maximum Gasteiger partial charge on any atom is 0.227 e. The molecule has 0 aliphatic carbocycles. The molecule has 0 unspecified atom stereocenters. The number of anilines is 2. The predicted octanol–water partition coefficient (Wildman–Crippen LogP) is 7.24. The van der Waals surface area contributed by atoms with Crippen LogP contribution in [-0.4, -0.2) is 32.2 Å². The smallest absolute Gasteiger partial charge is 0.227 e. The molecule has 0 bridgehead atoms. The number of nitrogens with zero attached hydrogens (tertiary/aromatic N) is 3. The molecule has 164 valence electrons. The lowest BCUT2D eigenvalue weighted by molar-refractivity contribution is 0.589. The molecule has 0 aliphatic heterocycles. The van der Waals surface area contributed by atoms with Crippen LogP contribution in [0.1, 0.15) is 13.8 Å². The van der Waals surface area contributed by atoms with E-state index in [1.165, 1.54) is 5.69 Å². The second kappa shape index (κ2) is 9.49. The van der Waals surface area contributed by atoms with E-state index in [0.29, 0.717) is 16.7 Å². The molecule has 0 N–H and O–H groups in total. The van der Waals surface area contributed by atoms with Crippen LogP contribution >= 0.6 is 11.6 Å². The van der Waals surface area contributed by atoms with Crippen LogP contribution in [0.2, 0.25) is 5.02 Å². The molecule has 4 rings (SSSR count). The third-order valence-corrected chi connectivity index (χ3v) is 5.98. The molecule has 0 atom stereocenters. The fraction of sp³-hybridized carbons (Fsp3) is 0.222. The van der Waals surface area contributed by atoms with E-state index >= 15 is 0 Å². The van der Waals surface area contributed by atoms with Gasteiger partial charge in [0.25, 0.3) is 0 Å². The van der Waals surface area contributed by atoms with E-state index in [4.69, 9.17) is 21.0 Å². The third kappa shape index (κ3) is 4.37. The lowest BCUT2D eigenvalue weighted by Crippen LogP contribution is -2.21. The van der Waals surface area contributed by atoms with E-state index in [0.717, 1.165) is 41.2 Å². The molecule has 4 aromatic rings. The van der Waals surface area contributed by atoms with Gasteiger partial charge in [0.15, 0.2) is 5.76 Å². The van der Waals surface area contributed by atoms with E-state index in [9.17, 15) is 0 Å². The second-order valence-electron chi connectivity index (χ2n) is 7.84. The lowest BCUT2D eigenvalue weighted by atomic mass is 10.1. The first kappa shape index (κ1) is 22.0. The standard InChI is InChI=1S/C27H28ClN3O/c1-5-31(6-2)22-17-13-20(14-18-22)27-29-25(19-11-15-21(16-12-19)30(3)4)26(32-27)23-9-7-8-10-24(23)28/h7-18H,5-6H2,1-4H3. The van der Waals surface area contributed by atoms with Crippen LogP contribution in [0.25, 0.3) is 34.0 Å². The molecule has 5 heteroatoms. The number of halogens is 1. The Bertz CT molecular complexity index is 1180. The van der Waals surface area contributed by atoms with Crippen molar-refractivity contribution in [2.45, 2.75) is 13.8 Å². The molecular formula is C27H28ClN3O. The average Bonchev–Trinajstić information content (AvgIpc) is 3.26. The minimum absolute atomic E-state index is 0.581. The van der Waals surface area contributed by atoms with Gasteiger partial charge in [0.2, 0.25) is 5.89 Å². The van der Waals surface area contributed by atoms with Crippen LogP contribution in [0.15, 0.2) is 77.2 Å². The van der Waals surface area contributed by atoms with Crippen LogP contribution in [0.4, 0.5) is 11.4 Å². The molecule has 0 spiro atoms. The van der Waals surface area contributed by atoms with Gasteiger partial charge in [0, 0.05) is 55.2 Å². The Morgan fingerprint density at radius 3 is 1.97 bits per heavy atom. The van der Waals surface area contributed by atoms with Crippen molar-refractivity contribution in [1.82, 2.24) is 4.98 Å². The average molecular weight is 446 g/mol. The largest absolute Gasteiger partial charge is 0.435 e. The minimum atomic E-state index is 0.581. The highest BCUT2D eigenvalue weighted by Crippen LogP contribution is 2.39. The number of hydrogen-bond acceptors (Lipinski definition) is 4. The molecular weight excluding hydrogens is 418 g/mol. The summed E-state index contributed by atoms with van der Waals surface area (Å²) in [5.74, 6) is 1.26. The van der Waals surface area contributed by atoms with Gasteiger partial charge in [-0.2, -0.15) is 0 Å². The molecule has 4 nitrogen and oxygen atoms in total. The molecule has 1 heterocycles. The summed E-state index contributed by atoms with van der Waals surface area (Å²) in [6.45, 7) is 6.27. The van der Waals surface area contributed by atoms with E-state index in [-0.39, 0.29) is 0 Å². The Morgan fingerprint density at radius 1 is 0.781 bits per heavy atom. The first-order chi connectivity index (χ1) is 15.5. The van der Waals surface area contributed by atoms with Gasteiger partial charge >= 0.3 is 0 Å². The van der Waals surface area contributed by atoms with Crippen molar-refractivity contribution < 1.29 is 4.42 Å². The summed E-state index contributed by atoms with van der Waals surface area (Å²) in [5.41, 5.74) is 5.86. The first-order valence-corrected chi connectivity index (χ1v) is 11.3. The van der Waals surface area contributed by atoms with E-state index in [2.05, 4.69) is 72.2 Å². The minimum Gasteiger partial charge on any atom is -0.435 e. The molecule has 0 aliphatic rings. The predicted molar refractivity (Wildman–Crippen MR) is 136 cm³/mol. The van der Waals surface area contributed by atoms with Gasteiger partial charge in [-0.25, -0.2) is 4.98 Å². The maximum absolute atomic E-state index is 6.53. The van der Waals surface area contributed by atoms with Crippen LogP contribution in [0.3, 0.4) is 0 Å². The Hall–Kier alpha value is -3.24. The zero-order valence-electron chi connectivity index (χ0n) is 19.0. The summed E-state index contributed by atoms with van der Waals surface area (Å²) < 4.78 is 6.33. The molecule has 1 aromatic heterocycles. The highest BCUT2D eigenvalue weighted by molar-refractivity contribution is 6.33. The van der Waals surface area contributed by atoms with Gasteiger partial charge in [-0.15, -0.1) is 0 Å². The fourth-order valence-electron chi connectivity index (χ4n) is 3.79. The van der Waals surface area contributed by atoms with E-state index in [1.54, 1.807) is 0 Å². The molecule has 0 radical (unpaired) electrons. The third-order valence-electron chi connectivity index (χ3n) is 5.65. The number of aromatic nitrogens is 1. The highest BCUT2D eigenvalue weighted by atomic mass is 35.5. The summed E-state index contributed by atoms with van der Waals surface area (Å²) in [4.78, 5) is 9.29. The highest BCUT2D eigenvalue weighted by Gasteiger charge is 2.20. The van der Waals surface area contributed by atoms with Crippen molar-refractivity contribution in [3.63, 3.8) is 0 Å². The van der Waals surface area contributed by atoms with E-state index < -0.39 is 0 Å². The van der Waals surface area contributed by atoms with Crippen molar-refractivity contribution in [3.8, 4) is 34.0 Å². The van der Waals surface area contributed by atoms with Crippen LogP contribution in [0, 0.1) is 0 Å². The van der Waals surface area contributed by atoms with Crippen LogP contribution < -0.4 is 9.80 Å². The van der Waals surface area contributed by atoms with Gasteiger partial charge in [0.1, 0.15) is 5.69 Å². The van der Waals surface area contributed by atoms with Crippen molar-refractivity contribution in [2.24, 2.45) is 0 Å². The number of oxazole rings is 1. The normalized spacial score (nSPS) is 10.9. The molecule has 3 aromatic carbocycles. The summed E-state index contributed by atoms with van der Waals surface area (Å²) >= 11 is 6.53. The summed E-state index contributed by atoms with van der Waals surface area (Å²) in [5, 5.41) is 0.637. The molecule has 0 fully saturated rings. The van der Waals surface area contributed by atoms with Crippen molar-refractivity contribution >= 4 is 23.0 Å². The topological polar surface area (TPSA) is 32.5 Å². The number of hydrogen-bond donors (Lipinski definition) is 0. The zero-order chi connectivity index (χ0) is 22.7. The second-order valence-corrected chi connectivity index (χ2v) is 8.24. The van der Waals surface area contributed by atoms with Crippen LogP contribution in [-0.2, 0) is 0 Å². The SMILES string of the molecule is CCN(CC)c1ccc(-c2nc(-c3ccc(N(C)C)cc3)c(-c3ccccc3Cl)o2)cc1. The van der Waals surface area contributed by atoms with Crippen LogP contribution in [0.5, 0.6) is 0 Å². The van der Waals surface area contributed by atoms with Gasteiger partial charge in [0.05, 0.1) is 5.02 Å². The molecule has 32 heavy (non-hydrogen) atoms. The van der Waals surface area contributed by atoms with Gasteiger partial charge < -0.3 is 14.2 Å². The van der Waals surface area contributed by atoms with Crippen molar-refractivity contribution in [3.05, 3.63) is 77.8 Å². The number of benzene rings is 3. The van der Waals surface area contributed by atoms with Crippen molar-refractivity contribution in [1.29, 1.82) is 0 Å². The van der Waals surface area contributed by atoms with Gasteiger partial charge in [-0.3, -0.25) is 0 Å². The molecule has 0 amide bonds. The Balaban J connectivity index is 1.80. The fourth-order valence-corrected chi connectivity index (χ4v) is 4.01. The van der Waals surface area contributed by atoms with Gasteiger partial charge in [-0.1, -0.05) is 35.9 Å². The quantitative estimate of drug-likeness (QED) is 0.300. The molecule has 0 saturated carbocycles. The zero-order valence-corrected chi connectivity index (χ0v) is 19.7. The molecule has 0 saturated heterocycles. The maximum atomic E-state index is 6.53. The van der Waals surface area contributed by atoms with Crippen molar-refractivity contribution in [2.75, 3.05) is 37.0 Å². The Morgan fingerprint density at radius 2 is 1.38 bits per heavy atom. The summed E-state index contributed by atoms with van der Waals surface area (Å²) in [6.07, 6.45) is 0. The number of rotatable bonds is 7. The van der Waals surface area contributed by atoms with Gasteiger partial charge in [-0.05, 0) is 62.4 Å². The monoisotopic (exact) mass is 445 g/mol. The summed E-state index contributed by atoms with van der Waals surface area (Å²) in [6, 6.07) is 24.4. The summed E-state index contributed by atoms with van der Waals surface area (Å²) in [7, 11) is 4.06. The van der Waals surface area contributed by atoms with E-state index in [1.807, 2.05) is 38.4 Å². The lowest BCUT2D eigenvalue weighted by Gasteiger charge is -2.20. The first-order valence-electron chi connectivity index (χ1n) is 10.9. The Labute approximate surface area is 195 Å². The Kier molecular flexibility index (Phi) is 6.52.